The van der Waals surface area contributed by atoms with Gasteiger partial charge in [0.1, 0.15) is 17.3 Å². The quantitative estimate of drug-likeness (QED) is 0.0387. The summed E-state index contributed by atoms with van der Waals surface area (Å²) in [6.45, 7) is 11.4. The van der Waals surface area contributed by atoms with Crippen LogP contribution in [0.2, 0.25) is 0 Å². The predicted molar refractivity (Wildman–Crippen MR) is 407 cm³/mol. The van der Waals surface area contributed by atoms with Gasteiger partial charge < -0.3 is 25.5 Å². The van der Waals surface area contributed by atoms with E-state index < -0.39 is 29.0 Å². The molecular weight excluding hydrogens is 1130 g/mol. The summed E-state index contributed by atoms with van der Waals surface area (Å²) in [5.74, 6) is -0.368. The Bertz CT molecular complexity index is 1440. The molecule has 5 N–H and O–H groups in total. The first kappa shape index (κ1) is 91.5. The van der Waals surface area contributed by atoms with Crippen LogP contribution in [0.3, 0.4) is 0 Å². The number of hydrogen-bond donors (Lipinski definition) is 5. The Morgan fingerprint density at radius 1 is 0.239 bits per heavy atom. The fourth-order valence-electron chi connectivity index (χ4n) is 15.4. The average Bonchev–Trinajstić information content (AvgIpc) is 0.728. The van der Waals surface area contributed by atoms with Crippen molar-refractivity contribution < 1.29 is 30.3 Å². The Kier molecular flexibility index (Phi) is 69.9. The van der Waals surface area contributed by atoms with E-state index in [9.17, 15) is 25.5 Å². The number of hydrogen-bond acceptors (Lipinski definition) is 6. The van der Waals surface area contributed by atoms with Crippen LogP contribution in [0.1, 0.15) is 516 Å². The molecule has 0 aliphatic rings. The molecule has 0 radical (unpaired) electrons. The molecule has 0 aliphatic heterocycles. The smallest absolute Gasteiger partial charge is 0.167 e. The van der Waals surface area contributed by atoms with E-state index in [1.807, 2.05) is 0 Å². The minimum absolute atomic E-state index is 0.0301. The van der Waals surface area contributed by atoms with Crippen molar-refractivity contribution in [2.45, 2.75) is 545 Å². The van der Waals surface area contributed by atoms with Crippen molar-refractivity contribution in [3.05, 3.63) is 0 Å². The summed E-state index contributed by atoms with van der Waals surface area (Å²) in [6, 6.07) is 0. The lowest BCUT2D eigenvalue weighted by molar-refractivity contribution is -0.285. The van der Waals surface area contributed by atoms with Crippen LogP contribution in [0, 0.1) is 0 Å². The van der Waals surface area contributed by atoms with E-state index in [4.69, 9.17) is 0 Å². The molecule has 6 heteroatoms. The summed E-state index contributed by atoms with van der Waals surface area (Å²) < 4.78 is 0. The number of aliphatic hydroxyl groups excluding tert-OH is 2. The number of carbonyl (C=O) groups is 1. The zero-order chi connectivity index (χ0) is 67.3. The highest BCUT2D eigenvalue weighted by Gasteiger charge is 2.66. The Hall–Kier alpha value is -0.530. The first-order valence-electron chi connectivity index (χ1n) is 43.1. The van der Waals surface area contributed by atoms with Crippen LogP contribution >= 0.6 is 0 Å². The van der Waals surface area contributed by atoms with Crippen molar-refractivity contribution in [3.8, 4) is 0 Å². The van der Waals surface area contributed by atoms with Crippen LogP contribution in [0.5, 0.6) is 0 Å². The Labute approximate surface area is 578 Å². The lowest BCUT2D eigenvalue weighted by atomic mass is 9.60. The first-order valence-corrected chi connectivity index (χ1v) is 43.1. The van der Waals surface area contributed by atoms with Crippen molar-refractivity contribution in [1.82, 2.24) is 0 Å². The molecular formula is C86H172O6. The molecule has 0 bridgehead atoms. The summed E-state index contributed by atoms with van der Waals surface area (Å²) in [6.07, 6.45) is 81.8. The molecule has 0 aliphatic carbocycles. The minimum Gasteiger partial charge on any atom is -0.390 e. The molecule has 0 spiro atoms. The molecule has 0 aromatic heterocycles. The fraction of sp³-hybridized carbons (Fsp3) is 0.988. The molecule has 0 saturated heterocycles. The van der Waals surface area contributed by atoms with Gasteiger partial charge in [0.2, 0.25) is 0 Å². The number of rotatable bonds is 80. The van der Waals surface area contributed by atoms with E-state index in [1.54, 1.807) is 0 Å². The summed E-state index contributed by atoms with van der Waals surface area (Å²) >= 11 is 0. The monoisotopic (exact) mass is 1300 g/mol. The van der Waals surface area contributed by atoms with E-state index in [-0.39, 0.29) is 31.5 Å². The zero-order valence-corrected chi connectivity index (χ0v) is 63.8. The SMILES string of the molecule is CCCCCCCCCCCCCCCCC(=O)[C@@](O)(CCCCCCCCCCCCCCCC)[C@](O)(CCCCCCCCCCCCCCCC)[C@@](O)(CCCCCCCCCCCCCCCC)[C@H](O)C(O)CCCCCCCCCCCCCCCC. The molecule has 0 aromatic rings. The van der Waals surface area contributed by atoms with Gasteiger partial charge in [0.15, 0.2) is 11.4 Å². The number of aliphatic hydroxyl groups is 5. The third-order valence-electron chi connectivity index (χ3n) is 22.0. The van der Waals surface area contributed by atoms with Gasteiger partial charge in [0.05, 0.1) is 6.10 Å². The summed E-state index contributed by atoms with van der Waals surface area (Å²) in [5.41, 5.74) is -6.85. The van der Waals surface area contributed by atoms with Gasteiger partial charge in [-0.05, 0) is 32.1 Å². The van der Waals surface area contributed by atoms with Crippen molar-refractivity contribution in [2.75, 3.05) is 0 Å². The molecule has 0 heterocycles. The van der Waals surface area contributed by atoms with Gasteiger partial charge in [-0.2, -0.15) is 0 Å². The van der Waals surface area contributed by atoms with Crippen LogP contribution in [0.25, 0.3) is 0 Å². The number of carbonyl (C=O) groups excluding carboxylic acids is 1. The second-order valence-corrected chi connectivity index (χ2v) is 30.8. The van der Waals surface area contributed by atoms with Crippen LogP contribution in [-0.4, -0.2) is 60.3 Å². The van der Waals surface area contributed by atoms with E-state index in [0.29, 0.717) is 32.1 Å². The second kappa shape index (κ2) is 70.3. The molecule has 0 rings (SSSR count). The first-order chi connectivity index (χ1) is 45.1. The van der Waals surface area contributed by atoms with Gasteiger partial charge in [0.25, 0.3) is 0 Å². The lowest BCUT2D eigenvalue weighted by Crippen LogP contribution is -2.75. The van der Waals surface area contributed by atoms with Crippen LogP contribution < -0.4 is 0 Å². The third kappa shape index (κ3) is 51.6. The highest BCUT2D eigenvalue weighted by atomic mass is 16.4. The predicted octanol–water partition coefficient (Wildman–Crippen LogP) is 27.8. The van der Waals surface area contributed by atoms with E-state index in [0.717, 1.165) is 96.3 Å². The molecule has 0 fully saturated rings. The largest absolute Gasteiger partial charge is 0.390 e. The lowest BCUT2D eigenvalue weighted by Gasteiger charge is -2.54. The average molecular weight is 1300 g/mol. The summed E-state index contributed by atoms with van der Waals surface area (Å²) in [7, 11) is 0. The Balaban J connectivity index is 6.60. The van der Waals surface area contributed by atoms with Gasteiger partial charge in [-0.3, -0.25) is 4.79 Å². The maximum atomic E-state index is 15.3. The van der Waals surface area contributed by atoms with Crippen LogP contribution in [-0.2, 0) is 4.79 Å². The molecule has 6 nitrogen and oxygen atoms in total. The fourth-order valence-corrected chi connectivity index (χ4v) is 15.4. The van der Waals surface area contributed by atoms with Crippen molar-refractivity contribution in [1.29, 1.82) is 0 Å². The van der Waals surface area contributed by atoms with E-state index in [2.05, 4.69) is 34.6 Å². The van der Waals surface area contributed by atoms with Gasteiger partial charge in [-0.1, -0.05) is 478 Å². The standard InChI is InChI=1S/C86H172O6/c1-6-11-16-21-26-31-36-41-46-51-56-61-66-71-76-81(87)83(89)85(91,79-74-69-64-59-54-49-44-39-34-29-24-19-14-9-4)86(92,80-75-70-65-60-55-50-45-40-35-30-25-20-15-10-5)84(90,78-73-68-63-58-53-48-43-38-33-28-23-18-13-8-3)82(88)77-72-67-62-57-52-47-42-37-32-27-22-17-12-7-2/h81,83,87,89-92H,6-80H2,1-5H3/t81?,83-,84+,85-,86-/m1/s1. The Morgan fingerprint density at radius 2 is 0.424 bits per heavy atom. The number of Topliss-reactive ketones (excluding diaryl/α,β-unsaturated/α-hetero) is 1. The van der Waals surface area contributed by atoms with Crippen molar-refractivity contribution >= 4 is 5.78 Å². The maximum Gasteiger partial charge on any atom is 0.167 e. The molecule has 1 unspecified atom stereocenters. The van der Waals surface area contributed by atoms with E-state index >= 15 is 4.79 Å². The van der Waals surface area contributed by atoms with Crippen molar-refractivity contribution in [2.24, 2.45) is 0 Å². The topological polar surface area (TPSA) is 118 Å². The van der Waals surface area contributed by atoms with Gasteiger partial charge in [-0.15, -0.1) is 0 Å². The highest BCUT2D eigenvalue weighted by molar-refractivity contribution is 5.89. The highest BCUT2D eigenvalue weighted by Crippen LogP contribution is 2.47. The second-order valence-electron chi connectivity index (χ2n) is 30.8. The maximum absolute atomic E-state index is 15.3. The van der Waals surface area contributed by atoms with Crippen molar-refractivity contribution in [3.63, 3.8) is 0 Å². The number of unbranched alkanes of at least 4 members (excludes halogenated alkanes) is 65. The molecule has 0 saturated carbocycles. The normalized spacial score (nSPS) is 14.6. The van der Waals surface area contributed by atoms with Crippen LogP contribution in [0.15, 0.2) is 0 Å². The Morgan fingerprint density at radius 3 is 0.663 bits per heavy atom. The van der Waals surface area contributed by atoms with Gasteiger partial charge in [0, 0.05) is 6.42 Å². The minimum atomic E-state index is -2.33. The molecule has 0 aromatic carbocycles. The molecule has 0 amide bonds. The van der Waals surface area contributed by atoms with E-state index in [1.165, 1.54) is 327 Å². The number of ketones is 1. The van der Waals surface area contributed by atoms with Gasteiger partial charge >= 0.3 is 0 Å². The molecule has 552 valence electrons. The summed E-state index contributed by atoms with van der Waals surface area (Å²) in [4.78, 5) is 15.3. The summed E-state index contributed by atoms with van der Waals surface area (Å²) in [5, 5.41) is 66.2. The molecule has 92 heavy (non-hydrogen) atoms. The zero-order valence-electron chi connectivity index (χ0n) is 63.8. The van der Waals surface area contributed by atoms with Crippen LogP contribution in [0.4, 0.5) is 0 Å². The third-order valence-corrected chi connectivity index (χ3v) is 22.0. The van der Waals surface area contributed by atoms with Gasteiger partial charge in [-0.25, -0.2) is 0 Å². The molecule has 5 atom stereocenters.